The molecule has 1 aromatic carbocycles. The van der Waals surface area contributed by atoms with E-state index in [9.17, 15) is 14.9 Å². The Morgan fingerprint density at radius 3 is 2.65 bits per heavy atom. The Balaban J connectivity index is 2.39. The zero-order chi connectivity index (χ0) is 17.0. The van der Waals surface area contributed by atoms with Crippen molar-refractivity contribution in [2.24, 2.45) is 0 Å². The van der Waals surface area contributed by atoms with E-state index in [4.69, 9.17) is 4.74 Å². The normalized spacial score (nSPS) is 10.0. The van der Waals surface area contributed by atoms with Gasteiger partial charge in [0.1, 0.15) is 15.9 Å². The van der Waals surface area contributed by atoms with E-state index in [0.717, 1.165) is 16.2 Å². The van der Waals surface area contributed by atoms with E-state index < -0.39 is 5.97 Å². The van der Waals surface area contributed by atoms with Gasteiger partial charge in [0, 0.05) is 4.90 Å². The average molecular weight is 346 g/mol. The maximum atomic E-state index is 12.5. The standard InChI is InChI=1S/C16H14N2O3S2/c1-9-11(8-17)15(23-13(9)16(20)21-2)18-14(19)10-6-4-5-7-12(10)22-3/h4-7H,1-3H3,(H,18,19). The number of anilines is 1. The monoisotopic (exact) mass is 346 g/mol. The molecule has 7 heteroatoms. The molecule has 0 aliphatic heterocycles. The van der Waals surface area contributed by atoms with Crippen molar-refractivity contribution >= 4 is 40.0 Å². The zero-order valence-electron chi connectivity index (χ0n) is 12.8. The summed E-state index contributed by atoms with van der Waals surface area (Å²) < 4.78 is 4.70. The third-order valence-electron chi connectivity index (χ3n) is 3.21. The van der Waals surface area contributed by atoms with Gasteiger partial charge in [-0.05, 0) is 30.9 Å². The van der Waals surface area contributed by atoms with Gasteiger partial charge in [-0.15, -0.1) is 23.1 Å². The fourth-order valence-corrected chi connectivity index (χ4v) is 3.69. The Hall–Kier alpha value is -2.30. The smallest absolute Gasteiger partial charge is 0.348 e. The second kappa shape index (κ2) is 7.31. The van der Waals surface area contributed by atoms with Crippen LogP contribution in [-0.4, -0.2) is 25.2 Å². The van der Waals surface area contributed by atoms with Crippen LogP contribution in [0.1, 0.15) is 31.2 Å². The predicted octanol–water partition coefficient (Wildman–Crippen LogP) is 3.69. The summed E-state index contributed by atoms with van der Waals surface area (Å²) in [6.45, 7) is 1.66. The number of benzene rings is 1. The predicted molar refractivity (Wildman–Crippen MR) is 91.3 cm³/mol. The summed E-state index contributed by atoms with van der Waals surface area (Å²) in [5.41, 5.74) is 1.32. The van der Waals surface area contributed by atoms with Crippen LogP contribution in [-0.2, 0) is 4.74 Å². The van der Waals surface area contributed by atoms with Crippen molar-refractivity contribution in [2.45, 2.75) is 11.8 Å². The molecule has 0 aliphatic rings. The summed E-state index contributed by atoms with van der Waals surface area (Å²) in [5, 5.41) is 12.4. The quantitative estimate of drug-likeness (QED) is 0.675. The van der Waals surface area contributed by atoms with Crippen LogP contribution < -0.4 is 5.32 Å². The van der Waals surface area contributed by atoms with E-state index in [0.29, 0.717) is 21.0 Å². The van der Waals surface area contributed by atoms with Gasteiger partial charge in [-0.3, -0.25) is 4.79 Å². The molecule has 2 aromatic rings. The van der Waals surface area contributed by atoms with Crippen molar-refractivity contribution in [3.05, 3.63) is 45.8 Å². The van der Waals surface area contributed by atoms with Crippen molar-refractivity contribution in [3.8, 4) is 6.07 Å². The van der Waals surface area contributed by atoms with E-state index in [1.807, 2.05) is 24.5 Å². The second-order valence-electron chi connectivity index (χ2n) is 4.52. The fraction of sp³-hybridized carbons (Fsp3) is 0.188. The molecule has 2 rings (SSSR count). The molecular weight excluding hydrogens is 332 g/mol. The molecule has 1 heterocycles. The van der Waals surface area contributed by atoms with Crippen molar-refractivity contribution in [1.29, 1.82) is 5.26 Å². The summed E-state index contributed by atoms with van der Waals surface area (Å²) in [6.07, 6.45) is 1.89. The molecule has 0 unspecified atom stereocenters. The van der Waals surface area contributed by atoms with Crippen molar-refractivity contribution in [1.82, 2.24) is 0 Å². The minimum atomic E-state index is -0.519. The van der Waals surface area contributed by atoms with Gasteiger partial charge in [0.2, 0.25) is 0 Å². The van der Waals surface area contributed by atoms with E-state index in [-0.39, 0.29) is 11.5 Å². The lowest BCUT2D eigenvalue weighted by Gasteiger charge is -2.07. The molecule has 5 nitrogen and oxygen atoms in total. The highest BCUT2D eigenvalue weighted by molar-refractivity contribution is 7.98. The maximum Gasteiger partial charge on any atom is 0.348 e. The number of carbonyl (C=O) groups excluding carboxylic acids is 2. The number of nitriles is 1. The number of hydrogen-bond donors (Lipinski definition) is 1. The molecule has 0 aliphatic carbocycles. The Kier molecular flexibility index (Phi) is 5.42. The molecule has 0 atom stereocenters. The highest BCUT2D eigenvalue weighted by atomic mass is 32.2. The van der Waals surface area contributed by atoms with Crippen molar-refractivity contribution < 1.29 is 14.3 Å². The third kappa shape index (κ3) is 3.38. The molecule has 1 N–H and O–H groups in total. The van der Waals surface area contributed by atoms with Gasteiger partial charge < -0.3 is 10.1 Å². The van der Waals surface area contributed by atoms with Crippen LogP contribution in [0.2, 0.25) is 0 Å². The van der Waals surface area contributed by atoms with Crippen molar-refractivity contribution in [2.75, 3.05) is 18.7 Å². The number of carbonyl (C=O) groups is 2. The first kappa shape index (κ1) is 17.1. The Morgan fingerprint density at radius 1 is 1.35 bits per heavy atom. The number of nitrogens with zero attached hydrogens (tertiary/aromatic N) is 1. The highest BCUT2D eigenvalue weighted by Gasteiger charge is 2.22. The molecular formula is C16H14N2O3S2. The van der Waals surface area contributed by atoms with Crippen LogP contribution in [0.4, 0.5) is 5.00 Å². The first-order chi connectivity index (χ1) is 11.0. The summed E-state index contributed by atoms with van der Waals surface area (Å²) in [5.74, 6) is -0.835. The second-order valence-corrected chi connectivity index (χ2v) is 6.39. The van der Waals surface area contributed by atoms with Gasteiger partial charge in [0.05, 0.1) is 18.2 Å². The van der Waals surface area contributed by atoms with Crippen LogP contribution in [0.15, 0.2) is 29.2 Å². The van der Waals surface area contributed by atoms with Crippen LogP contribution in [0.25, 0.3) is 0 Å². The van der Waals surface area contributed by atoms with Gasteiger partial charge in [-0.2, -0.15) is 5.26 Å². The zero-order valence-corrected chi connectivity index (χ0v) is 14.4. The number of methoxy groups -OCH3 is 1. The molecule has 0 radical (unpaired) electrons. The lowest BCUT2D eigenvalue weighted by Crippen LogP contribution is -2.12. The number of rotatable bonds is 4. The number of nitrogens with one attached hydrogen (secondary N) is 1. The van der Waals surface area contributed by atoms with Gasteiger partial charge in [0.25, 0.3) is 5.91 Å². The van der Waals surface area contributed by atoms with Crippen LogP contribution >= 0.6 is 23.1 Å². The number of ether oxygens (including phenoxy) is 1. The summed E-state index contributed by atoms with van der Waals surface area (Å²) >= 11 is 2.51. The average Bonchev–Trinajstić information content (AvgIpc) is 2.89. The third-order valence-corrected chi connectivity index (χ3v) is 5.19. The number of esters is 1. The van der Waals surface area contributed by atoms with Gasteiger partial charge in [0.15, 0.2) is 0 Å². The molecule has 23 heavy (non-hydrogen) atoms. The Morgan fingerprint density at radius 2 is 2.04 bits per heavy atom. The lowest BCUT2D eigenvalue weighted by molar-refractivity contribution is 0.0605. The van der Waals surface area contributed by atoms with Gasteiger partial charge in [-0.1, -0.05) is 12.1 Å². The largest absolute Gasteiger partial charge is 0.465 e. The van der Waals surface area contributed by atoms with E-state index >= 15 is 0 Å². The fourth-order valence-electron chi connectivity index (χ4n) is 2.03. The number of thiophene rings is 1. The van der Waals surface area contributed by atoms with E-state index in [1.54, 1.807) is 19.1 Å². The SMILES string of the molecule is COC(=O)c1sc(NC(=O)c2ccccc2SC)c(C#N)c1C. The van der Waals surface area contributed by atoms with Crippen molar-refractivity contribution in [3.63, 3.8) is 0 Å². The summed E-state index contributed by atoms with van der Waals surface area (Å²) in [4.78, 5) is 25.4. The molecule has 118 valence electrons. The number of thioether (sulfide) groups is 1. The molecule has 0 spiro atoms. The summed E-state index contributed by atoms with van der Waals surface area (Å²) in [6, 6.07) is 9.23. The minimum Gasteiger partial charge on any atom is -0.465 e. The molecule has 0 saturated carbocycles. The highest BCUT2D eigenvalue weighted by Crippen LogP contribution is 2.33. The molecule has 0 saturated heterocycles. The summed E-state index contributed by atoms with van der Waals surface area (Å²) in [7, 11) is 1.28. The molecule has 1 amide bonds. The van der Waals surface area contributed by atoms with Gasteiger partial charge in [-0.25, -0.2) is 4.79 Å². The van der Waals surface area contributed by atoms with Crippen LogP contribution in [0.5, 0.6) is 0 Å². The Bertz CT molecular complexity index is 806. The van der Waals surface area contributed by atoms with Crippen LogP contribution in [0.3, 0.4) is 0 Å². The topological polar surface area (TPSA) is 79.2 Å². The number of amides is 1. The molecule has 0 fully saturated rings. The van der Waals surface area contributed by atoms with E-state index in [2.05, 4.69) is 5.32 Å². The maximum absolute atomic E-state index is 12.5. The minimum absolute atomic E-state index is 0.283. The lowest BCUT2D eigenvalue weighted by atomic mass is 10.1. The number of hydrogen-bond acceptors (Lipinski definition) is 6. The Labute approximate surface area is 142 Å². The first-order valence-corrected chi connectivity index (χ1v) is 8.63. The molecule has 1 aromatic heterocycles. The first-order valence-electron chi connectivity index (χ1n) is 6.59. The van der Waals surface area contributed by atoms with Crippen LogP contribution in [0, 0.1) is 18.3 Å². The molecule has 0 bridgehead atoms. The van der Waals surface area contributed by atoms with Gasteiger partial charge >= 0.3 is 5.97 Å². The van der Waals surface area contributed by atoms with E-state index in [1.165, 1.54) is 18.9 Å².